The van der Waals surface area contributed by atoms with E-state index in [1.807, 2.05) is 30.0 Å². The Kier molecular flexibility index (Phi) is 4.45. The Morgan fingerprint density at radius 1 is 1.26 bits per heavy atom. The lowest BCUT2D eigenvalue weighted by molar-refractivity contribution is 0.795. The maximum Gasteiger partial charge on any atom is 0.150 e. The maximum atomic E-state index is 6.18. The summed E-state index contributed by atoms with van der Waals surface area (Å²) in [6.07, 6.45) is 1.76. The number of nitrogen functional groups attached to an aromatic ring is 1. The predicted molar refractivity (Wildman–Crippen MR) is 79.6 cm³/mol. The van der Waals surface area contributed by atoms with E-state index in [4.69, 9.17) is 28.9 Å². The van der Waals surface area contributed by atoms with Crippen LogP contribution in [0.3, 0.4) is 0 Å². The first-order valence-electron chi connectivity index (χ1n) is 5.88. The summed E-state index contributed by atoms with van der Waals surface area (Å²) in [5.74, 6) is 0.900. The van der Waals surface area contributed by atoms with E-state index < -0.39 is 0 Å². The standard InChI is InChI=1S/C13H14Cl2N4/c1-2-19(8-9-5-3-4-6-17-9)13-11(15)7-10(14)12(16)18-13/h3-7H,2,8H2,1H3,(H2,16,18). The molecule has 19 heavy (non-hydrogen) atoms. The number of aromatic nitrogens is 2. The third kappa shape index (κ3) is 3.28. The molecule has 0 bridgehead atoms. The van der Waals surface area contributed by atoms with Gasteiger partial charge in [-0.15, -0.1) is 0 Å². The number of pyridine rings is 2. The number of halogens is 2. The fourth-order valence-corrected chi connectivity index (χ4v) is 2.19. The Hall–Kier alpha value is -1.52. The lowest BCUT2D eigenvalue weighted by Gasteiger charge is -2.23. The van der Waals surface area contributed by atoms with Gasteiger partial charge >= 0.3 is 0 Å². The SMILES string of the molecule is CCN(Cc1ccccn1)c1nc(N)c(Cl)cc1Cl. The van der Waals surface area contributed by atoms with Gasteiger partial charge in [-0.05, 0) is 25.1 Å². The summed E-state index contributed by atoms with van der Waals surface area (Å²) in [7, 11) is 0. The third-order valence-electron chi connectivity index (χ3n) is 2.70. The van der Waals surface area contributed by atoms with Gasteiger partial charge in [-0.2, -0.15) is 0 Å². The highest BCUT2D eigenvalue weighted by molar-refractivity contribution is 6.37. The first-order valence-corrected chi connectivity index (χ1v) is 6.63. The monoisotopic (exact) mass is 296 g/mol. The molecule has 0 saturated carbocycles. The molecular weight excluding hydrogens is 283 g/mol. The third-order valence-corrected chi connectivity index (χ3v) is 3.28. The zero-order chi connectivity index (χ0) is 13.8. The molecule has 2 aromatic heterocycles. The molecule has 2 rings (SSSR count). The van der Waals surface area contributed by atoms with E-state index in [0.29, 0.717) is 22.4 Å². The molecule has 0 aliphatic carbocycles. The van der Waals surface area contributed by atoms with Crippen LogP contribution in [-0.2, 0) is 6.54 Å². The molecule has 2 heterocycles. The van der Waals surface area contributed by atoms with Gasteiger partial charge in [-0.3, -0.25) is 4.98 Å². The highest BCUT2D eigenvalue weighted by atomic mass is 35.5. The highest BCUT2D eigenvalue weighted by Gasteiger charge is 2.14. The first kappa shape index (κ1) is 13.9. The van der Waals surface area contributed by atoms with E-state index in [2.05, 4.69) is 9.97 Å². The Morgan fingerprint density at radius 2 is 2.05 bits per heavy atom. The van der Waals surface area contributed by atoms with Gasteiger partial charge in [0.1, 0.15) is 11.6 Å². The molecule has 0 unspecified atom stereocenters. The van der Waals surface area contributed by atoms with Gasteiger partial charge in [-0.25, -0.2) is 4.98 Å². The van der Waals surface area contributed by atoms with Crippen molar-refractivity contribution in [3.63, 3.8) is 0 Å². The van der Waals surface area contributed by atoms with Crippen LogP contribution < -0.4 is 10.6 Å². The first-order chi connectivity index (χ1) is 9.11. The molecule has 0 radical (unpaired) electrons. The number of nitrogens with two attached hydrogens (primary N) is 1. The zero-order valence-electron chi connectivity index (χ0n) is 10.5. The van der Waals surface area contributed by atoms with Crippen LogP contribution in [0.5, 0.6) is 0 Å². The highest BCUT2D eigenvalue weighted by Crippen LogP contribution is 2.30. The number of nitrogens with zero attached hydrogens (tertiary/aromatic N) is 3. The summed E-state index contributed by atoms with van der Waals surface area (Å²) in [5, 5.41) is 0.847. The summed E-state index contributed by atoms with van der Waals surface area (Å²) in [4.78, 5) is 10.5. The van der Waals surface area contributed by atoms with Crippen molar-refractivity contribution in [2.45, 2.75) is 13.5 Å². The second-order valence-electron chi connectivity index (χ2n) is 4.00. The molecule has 0 aliphatic heterocycles. The fraction of sp³-hybridized carbons (Fsp3) is 0.231. The minimum absolute atomic E-state index is 0.278. The number of hydrogen-bond acceptors (Lipinski definition) is 4. The fourth-order valence-electron chi connectivity index (χ4n) is 1.72. The molecule has 2 N–H and O–H groups in total. The van der Waals surface area contributed by atoms with Crippen LogP contribution >= 0.6 is 23.2 Å². The van der Waals surface area contributed by atoms with Crippen molar-refractivity contribution in [2.24, 2.45) is 0 Å². The summed E-state index contributed by atoms with van der Waals surface area (Å²) in [5.41, 5.74) is 6.67. The minimum Gasteiger partial charge on any atom is -0.382 e. The molecule has 100 valence electrons. The van der Waals surface area contributed by atoms with Gasteiger partial charge in [0.2, 0.25) is 0 Å². The normalized spacial score (nSPS) is 10.5. The molecule has 0 aromatic carbocycles. The molecular formula is C13H14Cl2N4. The Morgan fingerprint density at radius 3 is 2.68 bits per heavy atom. The van der Waals surface area contributed by atoms with Gasteiger partial charge < -0.3 is 10.6 Å². The summed E-state index contributed by atoms with van der Waals surface area (Å²) >= 11 is 12.1. The van der Waals surface area contributed by atoms with Gasteiger partial charge in [0, 0.05) is 12.7 Å². The van der Waals surface area contributed by atoms with E-state index in [0.717, 1.165) is 12.2 Å². The van der Waals surface area contributed by atoms with Crippen LogP contribution in [0.4, 0.5) is 11.6 Å². The molecule has 0 atom stereocenters. The van der Waals surface area contributed by atoms with Crippen LogP contribution in [0.1, 0.15) is 12.6 Å². The lowest BCUT2D eigenvalue weighted by atomic mass is 10.3. The van der Waals surface area contributed by atoms with Crippen molar-refractivity contribution in [2.75, 3.05) is 17.2 Å². The quantitative estimate of drug-likeness (QED) is 0.939. The topological polar surface area (TPSA) is 55.0 Å². The molecule has 0 fully saturated rings. The van der Waals surface area contributed by atoms with Crippen molar-refractivity contribution in [1.29, 1.82) is 0 Å². The minimum atomic E-state index is 0.278. The summed E-state index contributed by atoms with van der Waals surface area (Å²) in [6, 6.07) is 7.39. The molecule has 6 heteroatoms. The van der Waals surface area contributed by atoms with Gasteiger partial charge in [0.05, 0.1) is 22.3 Å². The largest absolute Gasteiger partial charge is 0.382 e. The van der Waals surface area contributed by atoms with Gasteiger partial charge in [0.15, 0.2) is 0 Å². The molecule has 0 saturated heterocycles. The van der Waals surface area contributed by atoms with E-state index in [1.165, 1.54) is 0 Å². The zero-order valence-corrected chi connectivity index (χ0v) is 12.0. The van der Waals surface area contributed by atoms with Gasteiger partial charge in [0.25, 0.3) is 0 Å². The van der Waals surface area contributed by atoms with Crippen molar-refractivity contribution in [3.05, 3.63) is 46.2 Å². The second kappa shape index (κ2) is 6.08. The van der Waals surface area contributed by atoms with Crippen LogP contribution in [0, 0.1) is 0 Å². The Labute approximate surface area is 122 Å². The predicted octanol–water partition coefficient (Wildman–Crippen LogP) is 3.39. The second-order valence-corrected chi connectivity index (χ2v) is 4.81. The van der Waals surface area contributed by atoms with Crippen LogP contribution in [0.2, 0.25) is 10.0 Å². The molecule has 0 amide bonds. The van der Waals surface area contributed by atoms with E-state index >= 15 is 0 Å². The van der Waals surface area contributed by atoms with Crippen LogP contribution in [0.15, 0.2) is 30.5 Å². The summed E-state index contributed by atoms with van der Waals surface area (Å²) < 4.78 is 0. The Balaban J connectivity index is 2.30. The molecule has 4 nitrogen and oxygen atoms in total. The van der Waals surface area contributed by atoms with Crippen LogP contribution in [0.25, 0.3) is 0 Å². The average Bonchev–Trinajstić information content (AvgIpc) is 2.42. The number of rotatable bonds is 4. The molecule has 0 aliphatic rings. The maximum absolute atomic E-state index is 6.18. The smallest absolute Gasteiger partial charge is 0.150 e. The van der Waals surface area contributed by atoms with Crippen molar-refractivity contribution in [3.8, 4) is 0 Å². The van der Waals surface area contributed by atoms with Crippen molar-refractivity contribution >= 4 is 34.8 Å². The molecule has 0 spiro atoms. The van der Waals surface area contributed by atoms with Crippen molar-refractivity contribution < 1.29 is 0 Å². The number of anilines is 2. The van der Waals surface area contributed by atoms with E-state index in [9.17, 15) is 0 Å². The average molecular weight is 297 g/mol. The van der Waals surface area contributed by atoms with Crippen LogP contribution in [-0.4, -0.2) is 16.5 Å². The summed E-state index contributed by atoms with van der Waals surface area (Å²) in [6.45, 7) is 3.38. The van der Waals surface area contributed by atoms with Gasteiger partial charge in [-0.1, -0.05) is 29.3 Å². The lowest BCUT2D eigenvalue weighted by Crippen LogP contribution is -2.24. The van der Waals surface area contributed by atoms with E-state index in [-0.39, 0.29) is 5.82 Å². The Bertz CT molecular complexity index is 560. The van der Waals surface area contributed by atoms with E-state index in [1.54, 1.807) is 12.3 Å². The molecule has 2 aromatic rings. The number of hydrogen-bond donors (Lipinski definition) is 1. The van der Waals surface area contributed by atoms with Crippen molar-refractivity contribution in [1.82, 2.24) is 9.97 Å².